The van der Waals surface area contributed by atoms with E-state index in [1.165, 1.54) is 10.4 Å². The van der Waals surface area contributed by atoms with Crippen LogP contribution in [0.5, 0.6) is 0 Å². The van der Waals surface area contributed by atoms with Crippen molar-refractivity contribution in [3.63, 3.8) is 0 Å². The number of carbonyl (C=O) groups is 3. The van der Waals surface area contributed by atoms with E-state index in [0.29, 0.717) is 18.8 Å². The summed E-state index contributed by atoms with van der Waals surface area (Å²) >= 11 is 1.69. The van der Waals surface area contributed by atoms with Gasteiger partial charge in [-0.1, -0.05) is 65.7 Å². The van der Waals surface area contributed by atoms with Gasteiger partial charge in [-0.2, -0.15) is 0 Å². The van der Waals surface area contributed by atoms with Crippen molar-refractivity contribution in [3.05, 3.63) is 97.7 Å². The third-order valence-electron chi connectivity index (χ3n) is 8.07. The number of Topliss-reactive ketones (excluding diaryl/α,β-unsaturated/α-hetero) is 3. The van der Waals surface area contributed by atoms with Crippen LogP contribution in [0.4, 0.5) is 0 Å². The number of carbonyl (C=O) groups excluding carboxylic acids is 3. The molecule has 0 aliphatic heterocycles. The Kier molecular flexibility index (Phi) is 6.08. The van der Waals surface area contributed by atoms with Gasteiger partial charge in [0.25, 0.3) is 0 Å². The summed E-state index contributed by atoms with van der Waals surface area (Å²) in [6, 6.07) is 17.3. The van der Waals surface area contributed by atoms with Gasteiger partial charge >= 0.3 is 0 Å². The Hall–Kier alpha value is -3.11. The van der Waals surface area contributed by atoms with Gasteiger partial charge in [0.1, 0.15) is 0 Å². The molecule has 3 aromatic rings. The Morgan fingerprint density at radius 2 is 1.69 bits per heavy atom. The van der Waals surface area contributed by atoms with Crippen LogP contribution in [0.25, 0.3) is 6.08 Å². The lowest BCUT2D eigenvalue weighted by molar-refractivity contribution is 0.0908. The summed E-state index contributed by atoms with van der Waals surface area (Å²) < 4.78 is 0. The van der Waals surface area contributed by atoms with Crippen LogP contribution in [0, 0.1) is 24.7 Å². The van der Waals surface area contributed by atoms with Crippen molar-refractivity contribution in [2.75, 3.05) is 0 Å². The second-order valence-electron chi connectivity index (χ2n) is 10.6. The Morgan fingerprint density at radius 1 is 0.944 bits per heavy atom. The number of hydrogen-bond acceptors (Lipinski definition) is 4. The number of rotatable bonds is 7. The number of fused-ring (bicyclic) bond motifs is 3. The monoisotopic (exact) mass is 494 g/mol. The van der Waals surface area contributed by atoms with Crippen LogP contribution < -0.4 is 0 Å². The van der Waals surface area contributed by atoms with Crippen LogP contribution in [0.15, 0.2) is 60.2 Å². The SMILES string of the molecule is Cc1ccc(C(=O)C2CCc3c(sc4c3C(=O)C(C3CC3)C(CCC(=O)c3ccccc3)=C4)C2)cc1. The summed E-state index contributed by atoms with van der Waals surface area (Å²) in [5.41, 5.74) is 5.91. The summed E-state index contributed by atoms with van der Waals surface area (Å²) in [7, 11) is 0. The smallest absolute Gasteiger partial charge is 0.171 e. The lowest BCUT2D eigenvalue weighted by Gasteiger charge is -2.26. The van der Waals surface area contributed by atoms with Gasteiger partial charge in [-0.25, -0.2) is 0 Å². The van der Waals surface area contributed by atoms with Gasteiger partial charge in [0.05, 0.1) is 0 Å². The second-order valence-corrected chi connectivity index (χ2v) is 11.7. The standard InChI is InChI=1S/C32H30O3S/c1-19-7-9-22(10-8-19)31(34)24-13-15-25-27(18-24)36-28-17-23(29(21-11-12-21)32(35)30(25)28)14-16-26(33)20-5-3-2-4-6-20/h2-10,17,21,24,29H,11-16,18H2,1H3. The number of allylic oxidation sites excluding steroid dienone is 1. The molecule has 182 valence electrons. The van der Waals surface area contributed by atoms with Crippen LogP contribution in [0.3, 0.4) is 0 Å². The molecule has 6 rings (SSSR count). The van der Waals surface area contributed by atoms with Crippen LogP contribution in [0.1, 0.15) is 84.1 Å². The van der Waals surface area contributed by atoms with E-state index in [0.717, 1.165) is 64.8 Å². The maximum absolute atomic E-state index is 13.8. The number of aryl methyl sites for hydroxylation is 1. The van der Waals surface area contributed by atoms with Gasteiger partial charge in [0.15, 0.2) is 17.3 Å². The van der Waals surface area contributed by atoms with E-state index >= 15 is 0 Å². The average molecular weight is 495 g/mol. The second kappa shape index (κ2) is 9.40. The molecule has 4 heteroatoms. The Morgan fingerprint density at radius 3 is 2.42 bits per heavy atom. The zero-order valence-corrected chi connectivity index (χ0v) is 21.4. The third kappa shape index (κ3) is 4.32. The molecule has 1 fully saturated rings. The number of hydrogen-bond donors (Lipinski definition) is 0. The molecule has 1 heterocycles. The zero-order valence-electron chi connectivity index (χ0n) is 20.6. The van der Waals surface area contributed by atoms with Crippen molar-refractivity contribution in [1.82, 2.24) is 0 Å². The van der Waals surface area contributed by atoms with Crippen LogP contribution in [-0.2, 0) is 12.8 Å². The Labute approximate surface area is 216 Å². The molecule has 3 aliphatic carbocycles. The fraction of sp³-hybridized carbons (Fsp3) is 0.344. The molecule has 2 aromatic carbocycles. The van der Waals surface area contributed by atoms with Crippen molar-refractivity contribution >= 4 is 34.8 Å². The minimum Gasteiger partial charge on any atom is -0.294 e. The van der Waals surface area contributed by atoms with Gasteiger partial charge in [-0.05, 0) is 63.0 Å². The summed E-state index contributed by atoms with van der Waals surface area (Å²) in [5, 5.41) is 0. The van der Waals surface area contributed by atoms with E-state index in [1.54, 1.807) is 11.3 Å². The molecule has 0 bridgehead atoms. The molecule has 36 heavy (non-hydrogen) atoms. The zero-order chi connectivity index (χ0) is 24.8. The van der Waals surface area contributed by atoms with Crippen molar-refractivity contribution in [1.29, 1.82) is 0 Å². The molecule has 0 radical (unpaired) electrons. The predicted octanol–water partition coefficient (Wildman–Crippen LogP) is 7.31. The number of thiophene rings is 1. The first-order valence-corrected chi connectivity index (χ1v) is 13.9. The third-order valence-corrected chi connectivity index (χ3v) is 9.28. The minimum atomic E-state index is -0.0771. The Balaban J connectivity index is 1.25. The topological polar surface area (TPSA) is 51.2 Å². The van der Waals surface area contributed by atoms with Crippen molar-refractivity contribution in [2.24, 2.45) is 17.8 Å². The maximum atomic E-state index is 13.8. The quantitative estimate of drug-likeness (QED) is 0.324. The Bertz CT molecular complexity index is 1370. The van der Waals surface area contributed by atoms with E-state index < -0.39 is 0 Å². The van der Waals surface area contributed by atoms with Gasteiger partial charge in [0.2, 0.25) is 0 Å². The first kappa shape index (κ1) is 23.3. The van der Waals surface area contributed by atoms with E-state index in [9.17, 15) is 14.4 Å². The molecule has 0 spiro atoms. The minimum absolute atomic E-state index is 0.0263. The molecule has 2 unspecified atom stereocenters. The van der Waals surface area contributed by atoms with E-state index in [1.807, 2.05) is 61.5 Å². The highest BCUT2D eigenvalue weighted by molar-refractivity contribution is 7.13. The first-order chi connectivity index (χ1) is 17.5. The normalized spacial score (nSPS) is 20.9. The molecular formula is C32H30O3S. The van der Waals surface area contributed by atoms with Gasteiger partial charge in [0, 0.05) is 44.7 Å². The molecule has 3 aliphatic rings. The fourth-order valence-electron chi connectivity index (χ4n) is 5.94. The summed E-state index contributed by atoms with van der Waals surface area (Å²) in [5.74, 6) is 0.919. The number of benzene rings is 2. The van der Waals surface area contributed by atoms with Crippen molar-refractivity contribution in [3.8, 4) is 0 Å². The van der Waals surface area contributed by atoms with Crippen LogP contribution in [-0.4, -0.2) is 17.3 Å². The maximum Gasteiger partial charge on any atom is 0.171 e. The lowest BCUT2D eigenvalue weighted by atomic mass is 9.76. The first-order valence-electron chi connectivity index (χ1n) is 13.1. The molecule has 0 saturated heterocycles. The van der Waals surface area contributed by atoms with Crippen LogP contribution in [0.2, 0.25) is 0 Å². The van der Waals surface area contributed by atoms with Gasteiger partial charge in [-0.3, -0.25) is 14.4 Å². The summed E-state index contributed by atoms with van der Waals surface area (Å²) in [6.45, 7) is 2.03. The lowest BCUT2D eigenvalue weighted by Crippen LogP contribution is -2.26. The van der Waals surface area contributed by atoms with Crippen molar-refractivity contribution in [2.45, 2.75) is 51.9 Å². The average Bonchev–Trinajstić information content (AvgIpc) is 3.66. The molecule has 1 aromatic heterocycles. The largest absolute Gasteiger partial charge is 0.294 e. The van der Waals surface area contributed by atoms with Gasteiger partial charge in [-0.15, -0.1) is 11.3 Å². The number of ketones is 3. The predicted molar refractivity (Wildman–Crippen MR) is 144 cm³/mol. The summed E-state index contributed by atoms with van der Waals surface area (Å²) in [4.78, 5) is 42.0. The molecule has 3 nitrogen and oxygen atoms in total. The van der Waals surface area contributed by atoms with Crippen molar-refractivity contribution < 1.29 is 14.4 Å². The van der Waals surface area contributed by atoms with E-state index in [4.69, 9.17) is 0 Å². The highest BCUT2D eigenvalue weighted by Crippen LogP contribution is 2.50. The highest BCUT2D eigenvalue weighted by Gasteiger charge is 2.43. The molecule has 1 saturated carbocycles. The highest BCUT2D eigenvalue weighted by atomic mass is 32.1. The van der Waals surface area contributed by atoms with Gasteiger partial charge < -0.3 is 0 Å². The van der Waals surface area contributed by atoms with Crippen LogP contribution >= 0.6 is 11.3 Å². The van der Waals surface area contributed by atoms with E-state index in [-0.39, 0.29) is 29.2 Å². The molecule has 2 atom stereocenters. The van der Waals surface area contributed by atoms with E-state index in [2.05, 4.69) is 6.08 Å². The molecule has 0 N–H and O–H groups in total. The molecule has 0 amide bonds. The summed E-state index contributed by atoms with van der Waals surface area (Å²) in [6.07, 6.45) is 7.78. The fourth-order valence-corrected chi connectivity index (χ4v) is 7.35. The molecular weight excluding hydrogens is 464 g/mol.